The minimum absolute atomic E-state index is 0.0509. The number of hydrogen-bond donors (Lipinski definition) is 2. The number of methoxy groups -OCH3 is 1. The lowest BCUT2D eigenvalue weighted by Crippen LogP contribution is -1.89. The van der Waals surface area contributed by atoms with Crippen molar-refractivity contribution in [3.05, 3.63) is 0 Å². The zero-order valence-electron chi connectivity index (χ0n) is 3.89. The number of ether oxygens (including phenoxy) is 1. The van der Waals surface area contributed by atoms with Crippen molar-refractivity contribution in [2.45, 2.75) is 0 Å². The van der Waals surface area contributed by atoms with E-state index < -0.39 is 0 Å². The van der Waals surface area contributed by atoms with Crippen LogP contribution >= 0.6 is 11.8 Å². The molecule has 4 heteroatoms. The Morgan fingerprint density at radius 1 is 1.86 bits per heavy atom. The van der Waals surface area contributed by atoms with Gasteiger partial charge < -0.3 is 10.1 Å². The molecule has 0 aromatic rings. The van der Waals surface area contributed by atoms with Crippen LogP contribution in [0.2, 0.25) is 0 Å². The molecule has 0 atom stereocenters. The van der Waals surface area contributed by atoms with Crippen LogP contribution in [0.1, 0.15) is 0 Å². The van der Waals surface area contributed by atoms with Gasteiger partial charge >= 0.3 is 0 Å². The van der Waals surface area contributed by atoms with Crippen molar-refractivity contribution >= 4 is 22.5 Å². The Balaban J connectivity index is 3.17. The molecule has 0 spiro atoms. The first-order valence-electron chi connectivity index (χ1n) is 1.59. The van der Waals surface area contributed by atoms with Crippen LogP contribution in [0.4, 0.5) is 0 Å². The maximum atomic E-state index is 6.73. The standard InChI is InChI=1S/C3H6N2OS/c1-6-3(5)7-2-4/h2,4-5H,1H3. The third-order valence-electron chi connectivity index (χ3n) is 0.351. The van der Waals surface area contributed by atoms with E-state index in [1.54, 1.807) is 0 Å². The third kappa shape index (κ3) is 3.32. The number of nitrogens with one attached hydrogen (secondary N) is 2. The first kappa shape index (κ1) is 6.49. The van der Waals surface area contributed by atoms with Crippen LogP contribution < -0.4 is 0 Å². The van der Waals surface area contributed by atoms with Gasteiger partial charge in [-0.25, -0.2) is 0 Å². The van der Waals surface area contributed by atoms with Gasteiger partial charge in [-0.3, -0.25) is 5.41 Å². The molecule has 0 saturated heterocycles. The summed E-state index contributed by atoms with van der Waals surface area (Å²) in [6, 6.07) is 0. The van der Waals surface area contributed by atoms with Gasteiger partial charge in [0.1, 0.15) is 0 Å². The van der Waals surface area contributed by atoms with Gasteiger partial charge in [0.15, 0.2) is 0 Å². The van der Waals surface area contributed by atoms with Crippen molar-refractivity contribution in [2.24, 2.45) is 0 Å². The molecule has 3 nitrogen and oxygen atoms in total. The van der Waals surface area contributed by atoms with E-state index in [0.29, 0.717) is 0 Å². The normalized spacial score (nSPS) is 7.57. The molecule has 2 N–H and O–H groups in total. The number of rotatable bonds is 1. The maximum absolute atomic E-state index is 6.73. The number of thioether (sulfide) groups is 1. The summed E-state index contributed by atoms with van der Waals surface area (Å²) in [5.41, 5.74) is 1.05. The van der Waals surface area contributed by atoms with E-state index in [9.17, 15) is 0 Å². The Morgan fingerprint density at radius 2 is 2.43 bits per heavy atom. The van der Waals surface area contributed by atoms with Gasteiger partial charge in [0.05, 0.1) is 12.7 Å². The van der Waals surface area contributed by atoms with Crippen LogP contribution in [0.25, 0.3) is 0 Å². The van der Waals surface area contributed by atoms with Crippen molar-refractivity contribution in [1.29, 1.82) is 10.8 Å². The summed E-state index contributed by atoms with van der Waals surface area (Å²) in [4.78, 5) is 0. The van der Waals surface area contributed by atoms with E-state index in [4.69, 9.17) is 10.8 Å². The summed E-state index contributed by atoms with van der Waals surface area (Å²) in [6.45, 7) is 0. The second-order valence-corrected chi connectivity index (χ2v) is 1.57. The van der Waals surface area contributed by atoms with Gasteiger partial charge in [-0.15, -0.1) is 0 Å². The molecule has 0 aromatic carbocycles. The van der Waals surface area contributed by atoms with E-state index in [1.807, 2.05) is 0 Å². The molecule has 0 aliphatic heterocycles. The van der Waals surface area contributed by atoms with E-state index in [0.717, 1.165) is 17.3 Å². The topological polar surface area (TPSA) is 56.9 Å². The highest BCUT2D eigenvalue weighted by Gasteiger charge is 1.86. The molecule has 40 valence electrons. The van der Waals surface area contributed by atoms with Crippen molar-refractivity contribution in [1.82, 2.24) is 0 Å². The minimum Gasteiger partial charge on any atom is -0.476 e. The molecule has 0 unspecified atom stereocenters. The average molecular weight is 118 g/mol. The van der Waals surface area contributed by atoms with Crippen LogP contribution in [-0.2, 0) is 4.74 Å². The zero-order chi connectivity index (χ0) is 5.70. The molecular formula is C3H6N2OS. The van der Waals surface area contributed by atoms with Crippen molar-refractivity contribution in [3.63, 3.8) is 0 Å². The Hall–Kier alpha value is -0.510. The second kappa shape index (κ2) is 3.67. The summed E-state index contributed by atoms with van der Waals surface area (Å²) in [5.74, 6) is 0. The van der Waals surface area contributed by atoms with E-state index in [1.165, 1.54) is 7.11 Å². The monoisotopic (exact) mass is 118 g/mol. The van der Waals surface area contributed by atoms with Crippen LogP contribution in [0.3, 0.4) is 0 Å². The van der Waals surface area contributed by atoms with E-state index >= 15 is 0 Å². The molecule has 0 aromatic heterocycles. The molecule has 0 aliphatic carbocycles. The zero-order valence-corrected chi connectivity index (χ0v) is 4.71. The van der Waals surface area contributed by atoms with Gasteiger partial charge in [-0.1, -0.05) is 0 Å². The first-order valence-corrected chi connectivity index (χ1v) is 2.47. The largest absolute Gasteiger partial charge is 0.476 e. The predicted octanol–water partition coefficient (Wildman–Crippen LogP) is 0.908. The molecule has 0 rings (SSSR count). The molecule has 7 heavy (non-hydrogen) atoms. The van der Waals surface area contributed by atoms with Crippen LogP contribution in [0.5, 0.6) is 0 Å². The van der Waals surface area contributed by atoms with Gasteiger partial charge in [0, 0.05) is 0 Å². The molecular weight excluding hydrogens is 112 g/mol. The maximum Gasteiger partial charge on any atom is 0.248 e. The Labute approximate surface area is 46.1 Å². The van der Waals surface area contributed by atoms with Crippen LogP contribution in [0.15, 0.2) is 0 Å². The minimum atomic E-state index is 0.0509. The van der Waals surface area contributed by atoms with Crippen molar-refractivity contribution in [2.75, 3.05) is 7.11 Å². The molecule has 0 heterocycles. The van der Waals surface area contributed by atoms with Crippen molar-refractivity contribution < 1.29 is 4.74 Å². The Morgan fingerprint density at radius 3 is 2.57 bits per heavy atom. The molecule has 0 amide bonds. The smallest absolute Gasteiger partial charge is 0.248 e. The summed E-state index contributed by atoms with van der Waals surface area (Å²) >= 11 is 0.934. The lowest BCUT2D eigenvalue weighted by molar-refractivity contribution is 0.413. The van der Waals surface area contributed by atoms with E-state index in [2.05, 4.69) is 4.74 Å². The second-order valence-electron chi connectivity index (χ2n) is 0.727. The summed E-state index contributed by atoms with van der Waals surface area (Å²) in [5, 5.41) is 13.2. The molecule has 0 bridgehead atoms. The fraction of sp³-hybridized carbons (Fsp3) is 0.333. The summed E-state index contributed by atoms with van der Waals surface area (Å²) in [6.07, 6.45) is 0. The average Bonchev–Trinajstić information content (AvgIpc) is 1.68. The molecule has 0 aliphatic rings. The summed E-state index contributed by atoms with van der Waals surface area (Å²) < 4.78 is 4.39. The van der Waals surface area contributed by atoms with E-state index in [-0.39, 0.29) is 5.23 Å². The highest BCUT2D eigenvalue weighted by molar-refractivity contribution is 8.24. The quantitative estimate of drug-likeness (QED) is 0.397. The molecule has 0 saturated carbocycles. The first-order chi connectivity index (χ1) is 3.31. The summed E-state index contributed by atoms with van der Waals surface area (Å²) in [7, 11) is 1.40. The van der Waals surface area contributed by atoms with Crippen LogP contribution in [-0.4, -0.2) is 17.9 Å². The van der Waals surface area contributed by atoms with Crippen molar-refractivity contribution in [3.8, 4) is 0 Å². The van der Waals surface area contributed by atoms with Gasteiger partial charge in [0.25, 0.3) is 0 Å². The number of hydrogen-bond acceptors (Lipinski definition) is 4. The highest BCUT2D eigenvalue weighted by atomic mass is 32.2. The van der Waals surface area contributed by atoms with Gasteiger partial charge in [-0.05, 0) is 11.8 Å². The molecule has 0 fully saturated rings. The SMILES string of the molecule is COC(=N)SC=N. The fourth-order valence-electron chi connectivity index (χ4n) is 0.102. The van der Waals surface area contributed by atoms with Gasteiger partial charge in [0.2, 0.25) is 5.23 Å². The molecule has 0 radical (unpaired) electrons. The predicted molar refractivity (Wildman–Crippen MR) is 31.1 cm³/mol. The fourth-order valence-corrected chi connectivity index (χ4v) is 0.305. The van der Waals surface area contributed by atoms with Crippen LogP contribution in [0, 0.1) is 10.8 Å². The highest BCUT2D eigenvalue weighted by Crippen LogP contribution is 1.94. The Kier molecular flexibility index (Phi) is 3.40. The van der Waals surface area contributed by atoms with Gasteiger partial charge in [-0.2, -0.15) is 0 Å². The third-order valence-corrected chi connectivity index (χ3v) is 0.850. The lowest BCUT2D eigenvalue weighted by atomic mass is 11.4. The Bertz CT molecular complexity index is 83.0. The lowest BCUT2D eigenvalue weighted by Gasteiger charge is -1.91.